The molecule has 2 saturated carbocycles. The number of hydrogen-bond donors (Lipinski definition) is 0. The van der Waals surface area contributed by atoms with Crippen molar-refractivity contribution in [2.75, 3.05) is 29.4 Å². The number of aryl methyl sites for hydroxylation is 14. The van der Waals surface area contributed by atoms with Gasteiger partial charge in [-0.25, -0.2) is 0 Å². The number of benzene rings is 11. The molecule has 8 aliphatic rings. The van der Waals surface area contributed by atoms with E-state index in [1.807, 2.05) is 47.0 Å². The van der Waals surface area contributed by atoms with Gasteiger partial charge >= 0.3 is 0 Å². The van der Waals surface area contributed by atoms with Gasteiger partial charge in [0.15, 0.2) is 0 Å². The Hall–Kier alpha value is -9.24. The van der Waals surface area contributed by atoms with E-state index in [1.54, 1.807) is 9.81 Å². The second kappa shape index (κ2) is 45.8. The Balaban J connectivity index is 0.000000133. The predicted molar refractivity (Wildman–Crippen MR) is 617 cm³/mol. The van der Waals surface area contributed by atoms with E-state index in [-0.39, 0.29) is 10.8 Å². The lowest BCUT2D eigenvalue weighted by Gasteiger charge is -2.37. The third-order valence-corrected chi connectivity index (χ3v) is 38.8. The van der Waals surface area contributed by atoms with Crippen LogP contribution < -0.4 is 29.4 Å². The van der Waals surface area contributed by atoms with Gasteiger partial charge in [-0.3, -0.25) is 0 Å². The van der Waals surface area contributed by atoms with Crippen LogP contribution in [0.5, 0.6) is 0 Å². The zero-order valence-electron chi connectivity index (χ0n) is 88.3. The molecule has 2 aliphatic carbocycles. The van der Waals surface area contributed by atoms with Crippen molar-refractivity contribution in [2.24, 2.45) is 22.7 Å². The Kier molecular flexibility index (Phi) is 34.7. The summed E-state index contributed by atoms with van der Waals surface area (Å²) in [6.45, 7) is 65.6. The largest absolute Gasteiger partial charge is 0.331 e. The molecule has 138 heavy (non-hydrogen) atoms. The molecule has 0 N–H and O–H groups in total. The van der Waals surface area contributed by atoms with E-state index < -0.39 is 0 Å². The van der Waals surface area contributed by atoms with Gasteiger partial charge in [-0.2, -0.15) is 0 Å². The van der Waals surface area contributed by atoms with Gasteiger partial charge in [-0.1, -0.05) is 345 Å². The molecule has 12 heteroatoms. The zero-order chi connectivity index (χ0) is 99.0. The number of para-hydroxylation sites is 6. The average molecular weight is 1950 g/mol. The molecule has 0 bridgehead atoms. The van der Waals surface area contributed by atoms with Crippen molar-refractivity contribution in [3.05, 3.63) is 413 Å². The van der Waals surface area contributed by atoms with Crippen molar-refractivity contribution >= 4 is 110 Å². The van der Waals surface area contributed by atoms with Crippen LogP contribution in [0.4, 0.5) is 34.1 Å². The van der Waals surface area contributed by atoms with E-state index in [0.717, 1.165) is 11.8 Å². The summed E-state index contributed by atoms with van der Waals surface area (Å²) in [5.41, 5.74) is 43.3. The molecule has 2 fully saturated rings. The Bertz CT molecular complexity index is 6160. The smallest absolute Gasteiger partial charge is 0.110 e. The van der Waals surface area contributed by atoms with Crippen molar-refractivity contribution < 1.29 is 0 Å². The third kappa shape index (κ3) is 22.9. The van der Waals surface area contributed by atoms with E-state index in [1.165, 1.54) is 251 Å². The van der Waals surface area contributed by atoms with Crippen LogP contribution in [-0.2, 0) is 0 Å². The molecule has 0 amide bonds. The molecule has 724 valence electrons. The van der Waals surface area contributed by atoms with Crippen LogP contribution in [0.1, 0.15) is 289 Å². The molecule has 11 aromatic rings. The zero-order valence-corrected chi connectivity index (χ0v) is 93.2. The highest BCUT2D eigenvalue weighted by molar-refractivity contribution is 8.09. The SMILES string of the molecule is CC1=C(C)N(c2ccccc2C)C(C(C)(C)C)S1.CC1=C(C)N(c2ccccc2C)C(c2c(C)cccc2C)S1.CC1=C(C)N(c2ccccc2C)C(c2c(C)cccc2C)S1.CC1=C(C2CCCC2)SC(c2c(C)cccc2C)N1c1ccccc1C.CC1=C(C2CCCCC2)SC(c2c(C)cccc2C)N1c1ccccc1C.CC1=C(c2ccccc2)SC(C(C)(C)C)N1c1ccccc1C. The standard InChI is InChI=1S/C25H31NS.C24H29NS.C21H25NS.2C20H23NS.C16H23NS/c1-17-11-8-9-16-22(17)26-20(4)24(21-14-6-5-7-15-21)27-25(26)23-18(2)12-10-13-19(23)3;1-16-10-5-8-15-21(16)25-19(4)23(20-13-6-7-14-20)26-24(25)22-17(2)11-9-12-18(22)3;1-15-11-9-10-14-18(15)22-16(2)19(17-12-7-6-8-13-17)23-20(22)21(3,4)5;2*1-13-9-6-7-12-18(13)21-16(4)17(5)22-20(21)19-14(2)10-8-11-15(19)3;1-11-9-7-8-10-14(11)17-12(2)13(3)18-15(17)16(4,5)6/h8-13,16,21,25H,5-7,14-15H2,1-4H3;5,8-12,15,20,24H,6-7,13-14H2,1-4H3;6-14,20H,1-5H3;2*6-12,20H,1-5H3;7-10,15H,1-6H3. The van der Waals surface area contributed by atoms with Gasteiger partial charge in [0.05, 0.1) is 10.7 Å². The molecule has 0 saturated heterocycles. The van der Waals surface area contributed by atoms with Crippen LogP contribution in [-0.4, -0.2) is 10.7 Å². The molecule has 6 unspecified atom stereocenters. The Morgan fingerprint density at radius 3 is 0.703 bits per heavy atom. The van der Waals surface area contributed by atoms with Gasteiger partial charge < -0.3 is 29.4 Å². The van der Waals surface area contributed by atoms with Crippen molar-refractivity contribution in [3.8, 4) is 0 Å². The molecule has 0 radical (unpaired) electrons. The fourth-order valence-corrected chi connectivity index (χ4v) is 30.8. The highest BCUT2D eigenvalue weighted by atomic mass is 32.2. The number of thioether (sulfide) groups is 6. The van der Waals surface area contributed by atoms with Crippen molar-refractivity contribution in [1.29, 1.82) is 0 Å². The van der Waals surface area contributed by atoms with Crippen LogP contribution in [0, 0.1) is 120 Å². The summed E-state index contributed by atoms with van der Waals surface area (Å²) < 4.78 is 0. The molecular formula is C126H154N6S6. The summed E-state index contributed by atoms with van der Waals surface area (Å²) in [6.07, 6.45) is 12.4. The maximum atomic E-state index is 2.62. The molecular weight excluding hydrogens is 1790 g/mol. The second-order valence-electron chi connectivity index (χ2n) is 41.6. The average Bonchev–Trinajstić information content (AvgIpc) is 1.63. The maximum absolute atomic E-state index is 2.62. The first-order valence-corrected chi connectivity index (χ1v) is 55.7. The number of rotatable bonds is 13. The lowest BCUT2D eigenvalue weighted by atomic mass is 9.88. The normalized spacial score (nSPS) is 19.7. The third-order valence-electron chi connectivity index (χ3n) is 29.3. The Morgan fingerprint density at radius 1 is 0.203 bits per heavy atom. The van der Waals surface area contributed by atoms with Crippen LogP contribution in [0.15, 0.2) is 307 Å². The highest BCUT2D eigenvalue weighted by Gasteiger charge is 2.45. The van der Waals surface area contributed by atoms with Crippen molar-refractivity contribution in [3.63, 3.8) is 0 Å². The molecule has 19 rings (SSSR count). The second-order valence-corrected chi connectivity index (χ2v) is 48.9. The fourth-order valence-electron chi connectivity index (χ4n) is 21.4. The van der Waals surface area contributed by atoms with Crippen LogP contribution in [0.25, 0.3) is 4.91 Å². The lowest BCUT2D eigenvalue weighted by Crippen LogP contribution is -2.38. The van der Waals surface area contributed by atoms with Gasteiger partial charge in [-0.15, -0.1) is 11.8 Å². The Labute approximate surface area is 858 Å². The fraction of sp³-hybridized carbons (Fsp3) is 0.381. The number of hydrogen-bond acceptors (Lipinski definition) is 12. The molecule has 6 nitrogen and oxygen atoms in total. The minimum absolute atomic E-state index is 0.185. The minimum Gasteiger partial charge on any atom is -0.331 e. The summed E-state index contributed by atoms with van der Waals surface area (Å²) in [5, 5.41) is 2.26. The van der Waals surface area contributed by atoms with Crippen LogP contribution in [0.3, 0.4) is 0 Å². The lowest BCUT2D eigenvalue weighted by molar-refractivity contribution is 0.395. The van der Waals surface area contributed by atoms with Crippen molar-refractivity contribution in [2.45, 2.75) is 291 Å². The van der Waals surface area contributed by atoms with E-state index in [9.17, 15) is 0 Å². The summed E-state index contributed by atoms with van der Waals surface area (Å²) >= 11 is 12.2. The molecule has 6 atom stereocenters. The van der Waals surface area contributed by atoms with E-state index >= 15 is 0 Å². The molecule has 6 heterocycles. The Morgan fingerprint density at radius 2 is 0.420 bits per heavy atom. The number of anilines is 6. The molecule has 0 spiro atoms. The summed E-state index contributed by atoms with van der Waals surface area (Å²) in [7, 11) is 0. The molecule has 6 aliphatic heterocycles. The topological polar surface area (TPSA) is 19.4 Å². The molecule has 0 aromatic heterocycles. The van der Waals surface area contributed by atoms with E-state index in [2.05, 4.69) is 502 Å². The highest BCUT2D eigenvalue weighted by Crippen LogP contribution is 2.61. The van der Waals surface area contributed by atoms with E-state index in [0.29, 0.717) is 32.2 Å². The first kappa shape index (κ1) is 105. The number of nitrogens with zero attached hydrogens (tertiary/aromatic N) is 6. The van der Waals surface area contributed by atoms with Gasteiger partial charge in [0, 0.05) is 97.7 Å². The summed E-state index contributed by atoms with van der Waals surface area (Å²) in [4.78, 5) is 24.2. The molecule has 11 aromatic carbocycles. The monoisotopic (exact) mass is 1940 g/mol. The van der Waals surface area contributed by atoms with Gasteiger partial charge in [0.1, 0.15) is 21.5 Å². The van der Waals surface area contributed by atoms with E-state index in [4.69, 9.17) is 0 Å². The maximum Gasteiger partial charge on any atom is 0.110 e. The van der Waals surface area contributed by atoms with Gasteiger partial charge in [-0.05, 0) is 350 Å². The van der Waals surface area contributed by atoms with Gasteiger partial charge in [0.2, 0.25) is 0 Å². The first-order chi connectivity index (χ1) is 65.9. The van der Waals surface area contributed by atoms with Crippen LogP contribution in [0.2, 0.25) is 0 Å². The number of allylic oxidation sites excluding steroid dienone is 11. The van der Waals surface area contributed by atoms with Gasteiger partial charge in [0.25, 0.3) is 0 Å². The van der Waals surface area contributed by atoms with Crippen molar-refractivity contribution in [1.82, 2.24) is 0 Å². The predicted octanol–water partition coefficient (Wildman–Crippen LogP) is 38.7. The first-order valence-electron chi connectivity index (χ1n) is 50.4. The quantitative estimate of drug-likeness (QED) is 0.110. The summed E-state index contributed by atoms with van der Waals surface area (Å²) in [6, 6.07) is 89.9. The van der Waals surface area contributed by atoms with Crippen LogP contribution >= 0.6 is 70.6 Å². The minimum atomic E-state index is 0.185. The summed E-state index contributed by atoms with van der Waals surface area (Å²) in [5.74, 6) is 1.52.